The molecule has 30 heavy (non-hydrogen) atoms. The molecule has 0 aliphatic carbocycles. The van der Waals surface area contributed by atoms with Gasteiger partial charge < -0.3 is 9.64 Å². The Morgan fingerprint density at radius 2 is 2.10 bits per heavy atom. The van der Waals surface area contributed by atoms with E-state index in [0.29, 0.717) is 32.2 Å². The van der Waals surface area contributed by atoms with Gasteiger partial charge >= 0.3 is 5.97 Å². The molecule has 0 N–H and O–H groups in total. The molecule has 1 aromatic heterocycles. The first-order chi connectivity index (χ1) is 14.6. The number of nitrogens with zero attached hydrogens (tertiary/aromatic N) is 3. The average molecular weight is 432 g/mol. The zero-order chi connectivity index (χ0) is 21.3. The van der Waals surface area contributed by atoms with E-state index < -0.39 is 0 Å². The Bertz CT molecular complexity index is 805. The van der Waals surface area contributed by atoms with Crippen molar-refractivity contribution in [2.75, 3.05) is 32.8 Å². The summed E-state index contributed by atoms with van der Waals surface area (Å²) < 4.78 is 6.25. The first-order valence-corrected chi connectivity index (χ1v) is 11.9. The highest BCUT2D eigenvalue weighted by Gasteiger charge is 2.27. The van der Waals surface area contributed by atoms with Crippen LogP contribution >= 0.6 is 11.3 Å². The molecule has 1 aromatic carbocycles. The molecule has 0 radical (unpaired) electrons. The van der Waals surface area contributed by atoms with Crippen molar-refractivity contribution in [3.63, 3.8) is 0 Å². The van der Waals surface area contributed by atoms with Gasteiger partial charge in [-0.2, -0.15) is 0 Å². The Hall–Kier alpha value is -1.99. The van der Waals surface area contributed by atoms with Crippen LogP contribution in [0.15, 0.2) is 24.3 Å². The molecule has 1 aliphatic heterocycles. The lowest BCUT2D eigenvalue weighted by atomic mass is 10.1. The first kappa shape index (κ1) is 22.7. The third-order valence-electron chi connectivity index (χ3n) is 5.70. The van der Waals surface area contributed by atoms with Crippen LogP contribution in [0, 0.1) is 0 Å². The van der Waals surface area contributed by atoms with Crippen molar-refractivity contribution in [2.45, 2.75) is 58.4 Å². The summed E-state index contributed by atoms with van der Waals surface area (Å²) in [5.41, 5.74) is 1.03. The molecular weight excluding hydrogens is 398 g/mol. The van der Waals surface area contributed by atoms with Gasteiger partial charge in [0.15, 0.2) is 0 Å². The number of rotatable bonds is 11. The van der Waals surface area contributed by atoms with E-state index in [2.05, 4.69) is 22.9 Å². The molecule has 3 rings (SSSR count). The van der Waals surface area contributed by atoms with Crippen molar-refractivity contribution >= 4 is 33.4 Å². The van der Waals surface area contributed by atoms with Crippen LogP contribution in [0.3, 0.4) is 0 Å². The number of thiazole rings is 1. The first-order valence-electron chi connectivity index (χ1n) is 11.1. The molecule has 0 saturated carbocycles. The van der Waals surface area contributed by atoms with Crippen LogP contribution in [0.2, 0.25) is 0 Å². The normalized spacial score (nSPS) is 16.8. The topological polar surface area (TPSA) is 62.7 Å². The van der Waals surface area contributed by atoms with Crippen LogP contribution < -0.4 is 0 Å². The quantitative estimate of drug-likeness (QED) is 0.505. The Balaban J connectivity index is 1.54. The van der Waals surface area contributed by atoms with E-state index >= 15 is 0 Å². The number of ether oxygens (including phenoxy) is 1. The minimum Gasteiger partial charge on any atom is -0.466 e. The van der Waals surface area contributed by atoms with E-state index in [4.69, 9.17) is 4.74 Å². The highest BCUT2D eigenvalue weighted by atomic mass is 32.1. The number of carbonyl (C=O) groups excluding carboxylic acids is 2. The van der Waals surface area contributed by atoms with Crippen LogP contribution in [0.5, 0.6) is 0 Å². The van der Waals surface area contributed by atoms with Gasteiger partial charge in [0.05, 0.1) is 28.3 Å². The van der Waals surface area contributed by atoms with E-state index in [0.717, 1.165) is 42.9 Å². The number of hydrogen-bond acceptors (Lipinski definition) is 6. The van der Waals surface area contributed by atoms with Crippen molar-refractivity contribution in [1.29, 1.82) is 0 Å². The van der Waals surface area contributed by atoms with Gasteiger partial charge in [-0.15, -0.1) is 11.3 Å². The number of carbonyl (C=O) groups is 2. The summed E-state index contributed by atoms with van der Waals surface area (Å²) in [5, 5.41) is 1.08. The lowest BCUT2D eigenvalue weighted by molar-refractivity contribution is -0.144. The summed E-state index contributed by atoms with van der Waals surface area (Å²) in [6.07, 6.45) is 4.62. The van der Waals surface area contributed by atoms with E-state index in [9.17, 15) is 9.59 Å². The molecule has 164 valence electrons. The molecule has 1 aliphatic rings. The fourth-order valence-electron chi connectivity index (χ4n) is 4.13. The molecule has 0 spiro atoms. The maximum Gasteiger partial charge on any atom is 0.307 e. The third-order valence-corrected chi connectivity index (χ3v) is 6.80. The highest BCUT2D eigenvalue weighted by molar-refractivity contribution is 7.18. The number of likely N-dealkylation sites (tertiary alicyclic amines) is 1. The molecule has 2 aromatic rings. The lowest BCUT2D eigenvalue weighted by Gasteiger charge is -2.30. The summed E-state index contributed by atoms with van der Waals surface area (Å²) in [7, 11) is 0. The Kier molecular flexibility index (Phi) is 8.63. The van der Waals surface area contributed by atoms with Gasteiger partial charge in [0.2, 0.25) is 5.91 Å². The zero-order valence-electron chi connectivity index (χ0n) is 18.1. The predicted molar refractivity (Wildman–Crippen MR) is 121 cm³/mol. The number of para-hydroxylation sites is 1. The van der Waals surface area contributed by atoms with E-state index in [-0.39, 0.29) is 18.3 Å². The third kappa shape index (κ3) is 6.25. The number of aromatic nitrogens is 1. The smallest absolute Gasteiger partial charge is 0.307 e. The molecule has 1 unspecified atom stereocenters. The van der Waals surface area contributed by atoms with Crippen LogP contribution in [0.1, 0.15) is 51.0 Å². The summed E-state index contributed by atoms with van der Waals surface area (Å²) in [5.74, 6) is -0.105. The van der Waals surface area contributed by atoms with Gasteiger partial charge in [0.1, 0.15) is 0 Å². The minimum atomic E-state index is -0.233. The Morgan fingerprint density at radius 1 is 1.27 bits per heavy atom. The van der Waals surface area contributed by atoms with Crippen LogP contribution in [-0.2, 0) is 20.7 Å². The van der Waals surface area contributed by atoms with Gasteiger partial charge in [0.25, 0.3) is 0 Å². The van der Waals surface area contributed by atoms with Crippen molar-refractivity contribution in [3.8, 4) is 0 Å². The summed E-state index contributed by atoms with van der Waals surface area (Å²) >= 11 is 1.70. The lowest BCUT2D eigenvalue weighted by Crippen LogP contribution is -2.43. The van der Waals surface area contributed by atoms with Crippen LogP contribution in [0.25, 0.3) is 10.2 Å². The van der Waals surface area contributed by atoms with Gasteiger partial charge in [-0.3, -0.25) is 14.5 Å². The SMILES string of the molecule is CCOC(=O)CCN(CC1CCCN1CC)C(=O)CCCc1nc2ccccc2s1. The average Bonchev–Trinajstić information content (AvgIpc) is 3.36. The van der Waals surface area contributed by atoms with E-state index in [1.807, 2.05) is 23.1 Å². The number of aryl methyl sites for hydroxylation is 1. The summed E-state index contributed by atoms with van der Waals surface area (Å²) in [4.78, 5) is 33.8. The number of fused-ring (bicyclic) bond motifs is 1. The monoisotopic (exact) mass is 431 g/mol. The molecule has 1 atom stereocenters. The highest BCUT2D eigenvalue weighted by Crippen LogP contribution is 2.23. The second kappa shape index (κ2) is 11.4. The fraction of sp³-hybridized carbons (Fsp3) is 0.609. The fourth-order valence-corrected chi connectivity index (χ4v) is 5.13. The maximum absolute atomic E-state index is 13.0. The Morgan fingerprint density at radius 3 is 2.87 bits per heavy atom. The molecule has 6 nitrogen and oxygen atoms in total. The second-order valence-corrected chi connectivity index (χ2v) is 8.86. The number of esters is 1. The number of likely N-dealkylation sites (N-methyl/N-ethyl adjacent to an activating group) is 1. The Labute approximate surface area is 183 Å². The number of benzene rings is 1. The van der Waals surface area contributed by atoms with Gasteiger partial charge in [-0.05, 0) is 57.8 Å². The minimum absolute atomic E-state index is 0.128. The largest absolute Gasteiger partial charge is 0.466 e. The molecule has 1 fully saturated rings. The molecular formula is C23H33N3O3S. The maximum atomic E-state index is 13.0. The number of amides is 1. The van der Waals surface area contributed by atoms with Crippen molar-refractivity contribution in [1.82, 2.24) is 14.8 Å². The summed E-state index contributed by atoms with van der Waals surface area (Å²) in [6, 6.07) is 8.53. The molecule has 2 heterocycles. The molecule has 7 heteroatoms. The van der Waals surface area contributed by atoms with E-state index in [1.54, 1.807) is 18.3 Å². The predicted octanol–water partition coefficient (Wildman–Crippen LogP) is 3.89. The zero-order valence-corrected chi connectivity index (χ0v) is 19.0. The second-order valence-electron chi connectivity index (χ2n) is 7.75. The van der Waals surface area contributed by atoms with Crippen molar-refractivity contribution in [2.24, 2.45) is 0 Å². The summed E-state index contributed by atoms with van der Waals surface area (Å²) in [6.45, 7) is 7.59. The van der Waals surface area contributed by atoms with Gasteiger partial charge in [-0.25, -0.2) is 4.98 Å². The van der Waals surface area contributed by atoms with Crippen molar-refractivity contribution in [3.05, 3.63) is 29.3 Å². The number of hydrogen-bond donors (Lipinski definition) is 0. The van der Waals surface area contributed by atoms with Crippen LogP contribution in [-0.4, -0.2) is 65.5 Å². The standard InChI is InChI=1S/C23H33N3O3S/c1-3-25-15-8-9-18(25)17-26(16-14-23(28)29-4-2)22(27)13-7-12-21-24-19-10-5-6-11-20(19)30-21/h5-6,10-11,18H,3-4,7-9,12-17H2,1-2H3. The van der Waals surface area contributed by atoms with E-state index in [1.165, 1.54) is 11.1 Å². The molecule has 1 amide bonds. The molecule has 1 saturated heterocycles. The molecule has 0 bridgehead atoms. The van der Waals surface area contributed by atoms with Gasteiger partial charge in [-0.1, -0.05) is 19.1 Å². The van der Waals surface area contributed by atoms with Crippen LogP contribution in [0.4, 0.5) is 0 Å². The van der Waals surface area contributed by atoms with Gasteiger partial charge in [0, 0.05) is 25.6 Å². The van der Waals surface area contributed by atoms with Crippen molar-refractivity contribution < 1.29 is 14.3 Å².